The Morgan fingerprint density at radius 1 is 1.28 bits per heavy atom. The number of hydrogen-bond donors (Lipinski definition) is 2. The van der Waals surface area contributed by atoms with E-state index in [0.29, 0.717) is 25.6 Å². The quantitative estimate of drug-likeness (QED) is 0.622. The molecule has 29 heavy (non-hydrogen) atoms. The van der Waals surface area contributed by atoms with Gasteiger partial charge in [0.1, 0.15) is 12.1 Å². The van der Waals surface area contributed by atoms with Crippen LogP contribution in [-0.2, 0) is 19.5 Å². The minimum atomic E-state index is -0.316. The Balaban J connectivity index is 1.44. The van der Waals surface area contributed by atoms with Gasteiger partial charge in [-0.05, 0) is 19.2 Å². The lowest BCUT2D eigenvalue weighted by molar-refractivity contribution is 0.0954. The van der Waals surface area contributed by atoms with E-state index in [1.807, 2.05) is 7.05 Å². The van der Waals surface area contributed by atoms with E-state index in [-0.39, 0.29) is 18.4 Å². The number of thiophene rings is 1. The average Bonchev–Trinajstić information content (AvgIpc) is 3.33. The number of aromatic nitrogens is 3. The number of carbonyl (C=O) groups is 2. The first-order valence-corrected chi connectivity index (χ1v) is 10.8. The third-order valence-electron chi connectivity index (χ3n) is 4.37. The SMILES string of the molecule is CN1CCc2nc(C(=O)Nc3ncncc3CNC(=O)c3ccc(Cl)s3)sc2C1. The Hall–Kier alpha value is -2.40. The molecule has 0 fully saturated rings. The molecule has 0 aliphatic carbocycles. The molecule has 3 aromatic heterocycles. The summed E-state index contributed by atoms with van der Waals surface area (Å²) in [7, 11) is 2.05. The zero-order valence-electron chi connectivity index (χ0n) is 15.4. The molecule has 3 aromatic rings. The van der Waals surface area contributed by atoms with Crippen molar-refractivity contribution in [3.05, 3.63) is 55.0 Å². The summed E-state index contributed by atoms with van der Waals surface area (Å²) < 4.78 is 0.545. The highest BCUT2D eigenvalue weighted by Gasteiger charge is 2.22. The first-order valence-electron chi connectivity index (χ1n) is 8.80. The molecule has 0 spiro atoms. The Morgan fingerprint density at radius 3 is 2.93 bits per heavy atom. The summed E-state index contributed by atoms with van der Waals surface area (Å²) in [5.74, 6) is -0.220. The number of hydrogen-bond acceptors (Lipinski definition) is 8. The van der Waals surface area contributed by atoms with Crippen LogP contribution in [0.4, 0.5) is 5.82 Å². The highest BCUT2D eigenvalue weighted by Crippen LogP contribution is 2.25. The van der Waals surface area contributed by atoms with Crippen molar-refractivity contribution in [2.45, 2.75) is 19.5 Å². The second kappa shape index (κ2) is 8.54. The van der Waals surface area contributed by atoms with Gasteiger partial charge in [-0.1, -0.05) is 11.6 Å². The molecule has 150 valence electrons. The number of anilines is 1. The fourth-order valence-corrected chi connectivity index (χ4v) is 4.92. The summed E-state index contributed by atoms with van der Waals surface area (Å²) in [5, 5.41) is 5.99. The number of halogens is 1. The maximum atomic E-state index is 12.7. The molecule has 0 saturated carbocycles. The largest absolute Gasteiger partial charge is 0.347 e. The van der Waals surface area contributed by atoms with E-state index < -0.39 is 0 Å². The molecular formula is C18H17ClN6O2S2. The van der Waals surface area contributed by atoms with Crippen LogP contribution < -0.4 is 10.6 Å². The molecule has 0 unspecified atom stereocenters. The van der Waals surface area contributed by atoms with Gasteiger partial charge in [-0.15, -0.1) is 22.7 Å². The Morgan fingerprint density at radius 2 is 2.14 bits per heavy atom. The van der Waals surface area contributed by atoms with E-state index in [1.165, 1.54) is 29.0 Å². The second-order valence-electron chi connectivity index (χ2n) is 6.51. The lowest BCUT2D eigenvalue weighted by Crippen LogP contribution is -2.25. The molecule has 1 aliphatic rings. The van der Waals surface area contributed by atoms with Gasteiger partial charge in [0, 0.05) is 42.7 Å². The predicted molar refractivity (Wildman–Crippen MR) is 113 cm³/mol. The van der Waals surface area contributed by atoms with Crippen LogP contribution in [0.25, 0.3) is 0 Å². The molecule has 4 rings (SSSR count). The zero-order valence-corrected chi connectivity index (χ0v) is 17.8. The summed E-state index contributed by atoms with van der Waals surface area (Å²) >= 11 is 8.47. The van der Waals surface area contributed by atoms with Gasteiger partial charge in [-0.3, -0.25) is 9.59 Å². The standard InChI is InChI=1S/C18H17ClN6O2S2/c1-25-5-4-11-13(8-25)29-18(23-11)17(27)24-15-10(6-20-9-22-15)7-21-16(26)12-2-3-14(19)28-12/h2-3,6,9H,4-5,7-8H2,1H3,(H,21,26)(H,20,22,24,27). The minimum absolute atomic E-state index is 0.171. The van der Waals surface area contributed by atoms with Gasteiger partial charge in [-0.25, -0.2) is 15.0 Å². The number of fused-ring (bicyclic) bond motifs is 1. The first-order chi connectivity index (χ1) is 14.0. The third kappa shape index (κ3) is 4.61. The maximum absolute atomic E-state index is 12.7. The molecule has 11 heteroatoms. The van der Waals surface area contributed by atoms with Gasteiger partial charge >= 0.3 is 0 Å². The minimum Gasteiger partial charge on any atom is -0.347 e. The molecule has 0 saturated heterocycles. The van der Waals surface area contributed by atoms with Gasteiger partial charge in [0.2, 0.25) is 0 Å². The van der Waals surface area contributed by atoms with Crippen LogP contribution in [0.5, 0.6) is 0 Å². The molecule has 0 aromatic carbocycles. The number of nitrogens with one attached hydrogen (secondary N) is 2. The van der Waals surface area contributed by atoms with Crippen LogP contribution in [0.3, 0.4) is 0 Å². The monoisotopic (exact) mass is 448 g/mol. The van der Waals surface area contributed by atoms with Gasteiger partial charge < -0.3 is 15.5 Å². The summed E-state index contributed by atoms with van der Waals surface area (Å²) in [6.45, 7) is 1.91. The van der Waals surface area contributed by atoms with E-state index in [4.69, 9.17) is 11.6 Å². The highest BCUT2D eigenvalue weighted by molar-refractivity contribution is 7.18. The number of carbonyl (C=O) groups excluding carboxylic acids is 2. The lowest BCUT2D eigenvalue weighted by atomic mass is 10.2. The van der Waals surface area contributed by atoms with Crippen molar-refractivity contribution in [3.8, 4) is 0 Å². The van der Waals surface area contributed by atoms with E-state index in [9.17, 15) is 9.59 Å². The predicted octanol–water partition coefficient (Wildman–Crippen LogP) is 2.82. The number of amides is 2. The van der Waals surface area contributed by atoms with E-state index in [1.54, 1.807) is 18.3 Å². The first kappa shape index (κ1) is 19.9. The van der Waals surface area contributed by atoms with Crippen molar-refractivity contribution >= 4 is 51.9 Å². The molecule has 2 amide bonds. The Labute approximate surface area is 180 Å². The van der Waals surface area contributed by atoms with E-state index >= 15 is 0 Å². The fraction of sp³-hybridized carbons (Fsp3) is 0.278. The van der Waals surface area contributed by atoms with Crippen LogP contribution in [0.15, 0.2) is 24.7 Å². The van der Waals surface area contributed by atoms with Crippen molar-refractivity contribution in [2.24, 2.45) is 0 Å². The molecule has 8 nitrogen and oxygen atoms in total. The van der Waals surface area contributed by atoms with Gasteiger partial charge in [0.05, 0.1) is 14.9 Å². The fourth-order valence-electron chi connectivity index (χ4n) is 2.88. The third-order valence-corrected chi connectivity index (χ3v) is 6.68. The molecular weight excluding hydrogens is 432 g/mol. The van der Waals surface area contributed by atoms with Crippen LogP contribution in [0.2, 0.25) is 4.34 Å². The number of rotatable bonds is 5. The molecule has 1 aliphatic heterocycles. The average molecular weight is 449 g/mol. The van der Waals surface area contributed by atoms with Crippen LogP contribution in [0.1, 0.15) is 35.6 Å². The molecule has 2 N–H and O–H groups in total. The molecule has 0 bridgehead atoms. The normalized spacial score (nSPS) is 13.7. The summed E-state index contributed by atoms with van der Waals surface area (Å²) in [6, 6.07) is 3.33. The van der Waals surface area contributed by atoms with Crippen LogP contribution >= 0.6 is 34.3 Å². The van der Waals surface area contributed by atoms with E-state index in [2.05, 4.69) is 30.5 Å². The lowest BCUT2D eigenvalue weighted by Gasteiger charge is -2.20. The van der Waals surface area contributed by atoms with Gasteiger partial charge in [0.25, 0.3) is 11.8 Å². The Bertz CT molecular complexity index is 1070. The van der Waals surface area contributed by atoms with Crippen LogP contribution in [-0.4, -0.2) is 45.3 Å². The topological polar surface area (TPSA) is 100 Å². The van der Waals surface area contributed by atoms with Gasteiger partial charge in [-0.2, -0.15) is 0 Å². The summed E-state index contributed by atoms with van der Waals surface area (Å²) in [4.78, 5) is 41.4. The summed E-state index contributed by atoms with van der Waals surface area (Å²) in [6.07, 6.45) is 3.75. The number of likely N-dealkylation sites (N-methyl/N-ethyl adjacent to an activating group) is 1. The molecule has 0 atom stereocenters. The summed E-state index contributed by atoms with van der Waals surface area (Å²) in [5.41, 5.74) is 1.58. The van der Waals surface area contributed by atoms with Crippen molar-refractivity contribution in [2.75, 3.05) is 18.9 Å². The second-order valence-corrected chi connectivity index (χ2v) is 9.31. The van der Waals surface area contributed by atoms with Crippen LogP contribution in [0, 0.1) is 0 Å². The number of thiazole rings is 1. The van der Waals surface area contributed by atoms with Gasteiger partial charge in [0.15, 0.2) is 5.01 Å². The smallest absolute Gasteiger partial charge is 0.285 e. The zero-order chi connectivity index (χ0) is 20.4. The molecule has 4 heterocycles. The van der Waals surface area contributed by atoms with Crippen molar-refractivity contribution in [3.63, 3.8) is 0 Å². The highest BCUT2D eigenvalue weighted by atomic mass is 35.5. The van der Waals surface area contributed by atoms with Crippen molar-refractivity contribution < 1.29 is 9.59 Å². The Kier molecular flexibility index (Phi) is 5.86. The van der Waals surface area contributed by atoms with Crippen molar-refractivity contribution in [1.82, 2.24) is 25.2 Å². The number of nitrogens with zero attached hydrogens (tertiary/aromatic N) is 4. The van der Waals surface area contributed by atoms with E-state index in [0.717, 1.165) is 30.1 Å². The maximum Gasteiger partial charge on any atom is 0.285 e. The van der Waals surface area contributed by atoms with Crippen molar-refractivity contribution in [1.29, 1.82) is 0 Å². The molecule has 0 radical (unpaired) electrons.